The van der Waals surface area contributed by atoms with Gasteiger partial charge in [-0.05, 0) is 0 Å². The van der Waals surface area contributed by atoms with Crippen LogP contribution in [0.4, 0.5) is 0 Å². The summed E-state index contributed by atoms with van der Waals surface area (Å²) in [6.07, 6.45) is 1.96. The molecular formula is C17H28IN7O4S. The zero-order valence-electron chi connectivity index (χ0n) is 17.3. The number of hydrogen-bond acceptors (Lipinski definition) is 8. The smallest absolute Gasteiger partial charge is 0.228 e. The van der Waals surface area contributed by atoms with Gasteiger partial charge >= 0.3 is 0 Å². The summed E-state index contributed by atoms with van der Waals surface area (Å²) in [5, 5.41) is 10.9. The van der Waals surface area contributed by atoms with E-state index >= 15 is 0 Å². The van der Waals surface area contributed by atoms with Gasteiger partial charge in [-0.1, -0.05) is 24.2 Å². The number of nitrogens with one attached hydrogen (secondary N) is 1. The Kier molecular flexibility index (Phi) is 9.03. The Bertz CT molecular complexity index is 906. The van der Waals surface area contributed by atoms with Crippen molar-refractivity contribution in [2.24, 2.45) is 4.99 Å². The van der Waals surface area contributed by atoms with E-state index in [1.165, 1.54) is 10.6 Å². The molecule has 0 atom stereocenters. The molecule has 168 valence electrons. The molecular weight excluding hydrogens is 525 g/mol. The first-order chi connectivity index (χ1) is 13.9. The molecule has 3 heterocycles. The number of hydrogen-bond donors (Lipinski definition) is 1. The molecule has 11 nitrogen and oxygen atoms in total. The molecule has 0 aliphatic carbocycles. The molecule has 0 bridgehead atoms. The fourth-order valence-corrected chi connectivity index (χ4v) is 4.41. The molecule has 2 aromatic heterocycles. The van der Waals surface area contributed by atoms with Gasteiger partial charge in [0.05, 0.1) is 5.69 Å². The van der Waals surface area contributed by atoms with E-state index in [2.05, 4.69) is 25.6 Å². The Morgan fingerprint density at radius 1 is 1.27 bits per heavy atom. The summed E-state index contributed by atoms with van der Waals surface area (Å²) in [4.78, 5) is 10.7. The van der Waals surface area contributed by atoms with E-state index in [0.717, 1.165) is 5.96 Å². The third-order valence-corrected chi connectivity index (χ3v) is 6.40. The number of piperazine rings is 1. The van der Waals surface area contributed by atoms with E-state index in [1.54, 1.807) is 13.1 Å². The first-order valence-corrected chi connectivity index (χ1v) is 11.1. The van der Waals surface area contributed by atoms with Crippen molar-refractivity contribution in [3.05, 3.63) is 29.7 Å². The van der Waals surface area contributed by atoms with Gasteiger partial charge in [0.15, 0.2) is 11.8 Å². The van der Waals surface area contributed by atoms with Gasteiger partial charge in [-0.3, -0.25) is 4.99 Å². The maximum Gasteiger partial charge on any atom is 0.228 e. The van der Waals surface area contributed by atoms with Gasteiger partial charge in [0.25, 0.3) is 0 Å². The van der Waals surface area contributed by atoms with Crippen LogP contribution in [-0.4, -0.2) is 78.7 Å². The van der Waals surface area contributed by atoms with E-state index in [4.69, 9.17) is 9.05 Å². The van der Waals surface area contributed by atoms with Crippen molar-refractivity contribution in [2.45, 2.75) is 31.9 Å². The molecule has 2 aromatic rings. The van der Waals surface area contributed by atoms with Gasteiger partial charge in [0.1, 0.15) is 12.0 Å². The number of rotatable bonds is 7. The van der Waals surface area contributed by atoms with Crippen LogP contribution in [0, 0.1) is 0 Å². The standard InChI is InChI=1S/C17H27N7O4S.HI/c1-13(2)16-20-15(28-22-16)4-6-19-17(18-3)23-7-9-24(10-8-23)29(25,26)12-14-5-11-27-21-14;/h5,11,13H,4,6-10,12H2,1-3H3,(H,18,19);1H. The summed E-state index contributed by atoms with van der Waals surface area (Å²) in [5.74, 6) is 2.08. The Morgan fingerprint density at radius 3 is 2.57 bits per heavy atom. The van der Waals surface area contributed by atoms with Crippen LogP contribution >= 0.6 is 24.0 Å². The van der Waals surface area contributed by atoms with Crippen molar-refractivity contribution in [3.63, 3.8) is 0 Å². The Labute approximate surface area is 193 Å². The molecule has 0 radical (unpaired) electrons. The lowest BCUT2D eigenvalue weighted by atomic mass is 10.2. The predicted octanol–water partition coefficient (Wildman–Crippen LogP) is 1.06. The summed E-state index contributed by atoms with van der Waals surface area (Å²) < 4.78 is 36.5. The molecule has 30 heavy (non-hydrogen) atoms. The van der Waals surface area contributed by atoms with Gasteiger partial charge in [-0.2, -0.15) is 9.29 Å². The quantitative estimate of drug-likeness (QED) is 0.304. The number of nitrogens with zero attached hydrogens (tertiary/aromatic N) is 6. The van der Waals surface area contributed by atoms with Gasteiger partial charge in [-0.25, -0.2) is 8.42 Å². The lowest BCUT2D eigenvalue weighted by Crippen LogP contribution is -2.54. The number of guanidine groups is 1. The van der Waals surface area contributed by atoms with E-state index < -0.39 is 10.0 Å². The van der Waals surface area contributed by atoms with Crippen LogP contribution in [0.25, 0.3) is 0 Å². The third-order valence-electron chi connectivity index (χ3n) is 4.59. The minimum absolute atomic E-state index is 0. The molecule has 0 unspecified atom stereocenters. The maximum atomic E-state index is 12.5. The Balaban J connectivity index is 0.00000320. The fourth-order valence-electron chi connectivity index (χ4n) is 2.99. The molecule has 0 spiro atoms. The van der Waals surface area contributed by atoms with Crippen LogP contribution in [0.15, 0.2) is 26.4 Å². The molecule has 3 rings (SSSR count). The first kappa shape index (κ1) is 24.5. The summed E-state index contributed by atoms with van der Waals surface area (Å²) in [6.45, 7) is 6.51. The first-order valence-electron chi connectivity index (χ1n) is 9.54. The molecule has 0 saturated carbocycles. The van der Waals surface area contributed by atoms with Crippen molar-refractivity contribution in [2.75, 3.05) is 39.8 Å². The highest BCUT2D eigenvalue weighted by molar-refractivity contribution is 14.0. The highest BCUT2D eigenvalue weighted by atomic mass is 127. The summed E-state index contributed by atoms with van der Waals surface area (Å²) in [7, 11) is -1.72. The second-order valence-corrected chi connectivity index (χ2v) is 9.03. The highest BCUT2D eigenvalue weighted by Crippen LogP contribution is 2.13. The van der Waals surface area contributed by atoms with Crippen LogP contribution in [0.1, 0.15) is 37.2 Å². The van der Waals surface area contributed by atoms with Gasteiger partial charge < -0.3 is 19.3 Å². The van der Waals surface area contributed by atoms with Crippen molar-refractivity contribution in [1.29, 1.82) is 0 Å². The summed E-state index contributed by atoms with van der Waals surface area (Å²) in [6, 6.07) is 1.56. The largest absolute Gasteiger partial charge is 0.364 e. The number of aliphatic imine (C=N–C) groups is 1. The van der Waals surface area contributed by atoms with Crippen molar-refractivity contribution >= 4 is 40.0 Å². The highest BCUT2D eigenvalue weighted by Gasteiger charge is 2.29. The number of aromatic nitrogens is 3. The Hall–Kier alpha value is -1.74. The van der Waals surface area contributed by atoms with Crippen LogP contribution in [0.5, 0.6) is 0 Å². The summed E-state index contributed by atoms with van der Waals surface area (Å²) in [5.41, 5.74) is 0.409. The second kappa shape index (κ2) is 11.0. The lowest BCUT2D eigenvalue weighted by molar-refractivity contribution is 0.259. The van der Waals surface area contributed by atoms with E-state index in [9.17, 15) is 8.42 Å². The molecule has 1 N–H and O–H groups in total. The average Bonchev–Trinajstić information content (AvgIpc) is 3.37. The van der Waals surface area contributed by atoms with E-state index in [0.29, 0.717) is 56.6 Å². The van der Waals surface area contributed by atoms with Crippen LogP contribution in [0.2, 0.25) is 0 Å². The van der Waals surface area contributed by atoms with Gasteiger partial charge in [-0.15, -0.1) is 24.0 Å². The van der Waals surface area contributed by atoms with E-state index in [1.807, 2.05) is 18.7 Å². The normalized spacial score (nSPS) is 16.0. The van der Waals surface area contributed by atoms with Crippen LogP contribution in [0.3, 0.4) is 0 Å². The maximum absolute atomic E-state index is 12.5. The fraction of sp³-hybridized carbons (Fsp3) is 0.647. The van der Waals surface area contributed by atoms with Gasteiger partial charge in [0, 0.05) is 58.2 Å². The molecule has 1 aliphatic heterocycles. The molecule has 1 saturated heterocycles. The molecule has 13 heteroatoms. The summed E-state index contributed by atoms with van der Waals surface area (Å²) >= 11 is 0. The topological polar surface area (TPSA) is 130 Å². The van der Waals surface area contributed by atoms with Gasteiger partial charge in [0.2, 0.25) is 15.9 Å². The van der Waals surface area contributed by atoms with Crippen LogP contribution < -0.4 is 5.32 Å². The third kappa shape index (κ3) is 6.38. The predicted molar refractivity (Wildman–Crippen MR) is 121 cm³/mol. The molecule has 0 amide bonds. The second-order valence-electron chi connectivity index (χ2n) is 7.06. The number of sulfonamides is 1. The minimum Gasteiger partial charge on any atom is -0.364 e. The monoisotopic (exact) mass is 553 g/mol. The SMILES string of the molecule is CN=C(NCCc1nc(C(C)C)no1)N1CCN(S(=O)(=O)Cc2ccon2)CC1.I. The zero-order valence-corrected chi connectivity index (χ0v) is 20.5. The zero-order chi connectivity index (χ0) is 20.9. The number of halogens is 1. The molecule has 1 fully saturated rings. The molecule has 1 aliphatic rings. The van der Waals surface area contributed by atoms with Crippen molar-refractivity contribution in [1.82, 2.24) is 29.8 Å². The average molecular weight is 553 g/mol. The van der Waals surface area contributed by atoms with Crippen molar-refractivity contribution < 1.29 is 17.5 Å². The van der Waals surface area contributed by atoms with Crippen LogP contribution in [-0.2, 0) is 22.2 Å². The molecule has 0 aromatic carbocycles. The minimum atomic E-state index is -3.42. The van der Waals surface area contributed by atoms with Crippen molar-refractivity contribution in [3.8, 4) is 0 Å². The Morgan fingerprint density at radius 2 is 2.00 bits per heavy atom. The van der Waals surface area contributed by atoms with E-state index in [-0.39, 0.29) is 35.6 Å². The lowest BCUT2D eigenvalue weighted by Gasteiger charge is -2.35.